The third kappa shape index (κ3) is 3.43. The number of benzene rings is 2. The summed E-state index contributed by atoms with van der Waals surface area (Å²) in [6, 6.07) is 14.6. The van der Waals surface area contributed by atoms with Gasteiger partial charge in [-0.15, -0.1) is 12.4 Å². The second kappa shape index (κ2) is 7.33. The third-order valence-electron chi connectivity index (χ3n) is 4.46. The number of anilines is 1. The zero-order valence-electron chi connectivity index (χ0n) is 13.7. The SMILES string of the molecule is Cl.N[C@H]1CCCN(c2nc(-c3ccccc3F)c3ccccc3n2)C1. The molecule has 4 nitrogen and oxygen atoms in total. The molecule has 2 heterocycles. The number of fused-ring (bicyclic) bond motifs is 1. The molecule has 4 rings (SSSR count). The van der Waals surface area contributed by atoms with Crippen molar-refractivity contribution in [1.82, 2.24) is 9.97 Å². The lowest BCUT2D eigenvalue weighted by Gasteiger charge is -2.31. The molecule has 1 fully saturated rings. The van der Waals surface area contributed by atoms with Gasteiger partial charge in [0.05, 0.1) is 11.2 Å². The fourth-order valence-electron chi connectivity index (χ4n) is 3.26. The molecular formula is C19H20ClFN4. The zero-order chi connectivity index (χ0) is 16.5. The first-order chi connectivity index (χ1) is 11.7. The lowest BCUT2D eigenvalue weighted by atomic mass is 10.1. The molecule has 1 aliphatic rings. The first kappa shape index (κ1) is 17.6. The minimum atomic E-state index is -0.275. The quantitative estimate of drug-likeness (QED) is 0.757. The second-order valence-corrected chi connectivity index (χ2v) is 6.22. The third-order valence-corrected chi connectivity index (χ3v) is 4.46. The molecule has 0 aliphatic carbocycles. The molecule has 2 N–H and O–H groups in total. The van der Waals surface area contributed by atoms with Crippen LogP contribution in [0, 0.1) is 5.82 Å². The Morgan fingerprint density at radius 1 is 1.04 bits per heavy atom. The molecular weight excluding hydrogens is 339 g/mol. The Kier molecular flexibility index (Phi) is 5.16. The molecule has 0 radical (unpaired) electrons. The van der Waals surface area contributed by atoms with Crippen LogP contribution in [0.4, 0.5) is 10.3 Å². The fourth-order valence-corrected chi connectivity index (χ4v) is 3.26. The highest BCUT2D eigenvalue weighted by atomic mass is 35.5. The molecule has 0 amide bonds. The van der Waals surface area contributed by atoms with Gasteiger partial charge in [-0.05, 0) is 31.0 Å². The first-order valence-electron chi connectivity index (χ1n) is 8.24. The number of aromatic nitrogens is 2. The van der Waals surface area contributed by atoms with Crippen molar-refractivity contribution in [2.45, 2.75) is 18.9 Å². The van der Waals surface area contributed by atoms with Crippen LogP contribution >= 0.6 is 12.4 Å². The predicted molar refractivity (Wildman–Crippen MR) is 102 cm³/mol. The van der Waals surface area contributed by atoms with E-state index in [1.807, 2.05) is 30.3 Å². The van der Waals surface area contributed by atoms with Gasteiger partial charge in [0.15, 0.2) is 0 Å². The maximum absolute atomic E-state index is 14.3. The lowest BCUT2D eigenvalue weighted by molar-refractivity contribution is 0.500. The van der Waals surface area contributed by atoms with Crippen molar-refractivity contribution < 1.29 is 4.39 Å². The van der Waals surface area contributed by atoms with Crippen LogP contribution in [-0.4, -0.2) is 29.1 Å². The van der Waals surface area contributed by atoms with E-state index in [1.54, 1.807) is 12.1 Å². The van der Waals surface area contributed by atoms with Gasteiger partial charge < -0.3 is 10.6 Å². The van der Waals surface area contributed by atoms with Crippen LogP contribution < -0.4 is 10.6 Å². The van der Waals surface area contributed by atoms with Crippen LogP contribution in [0.25, 0.3) is 22.2 Å². The van der Waals surface area contributed by atoms with Crippen molar-refractivity contribution in [1.29, 1.82) is 0 Å². The largest absolute Gasteiger partial charge is 0.339 e. The van der Waals surface area contributed by atoms with Gasteiger partial charge in [0.2, 0.25) is 5.95 Å². The van der Waals surface area contributed by atoms with Crippen LogP contribution in [0.2, 0.25) is 0 Å². The van der Waals surface area contributed by atoms with Crippen molar-refractivity contribution >= 4 is 29.3 Å². The van der Waals surface area contributed by atoms with Crippen molar-refractivity contribution in [3.63, 3.8) is 0 Å². The minimum Gasteiger partial charge on any atom is -0.339 e. The van der Waals surface area contributed by atoms with Crippen molar-refractivity contribution in [2.24, 2.45) is 5.73 Å². The Morgan fingerprint density at radius 2 is 1.80 bits per heavy atom. The molecule has 0 saturated carbocycles. The number of rotatable bonds is 2. The van der Waals surface area contributed by atoms with Crippen LogP contribution in [0.15, 0.2) is 48.5 Å². The van der Waals surface area contributed by atoms with Crippen LogP contribution in [-0.2, 0) is 0 Å². The molecule has 1 saturated heterocycles. The molecule has 2 aromatic carbocycles. The molecule has 1 aromatic heterocycles. The van der Waals surface area contributed by atoms with Crippen molar-refractivity contribution in [3.8, 4) is 11.3 Å². The Hall–Kier alpha value is -2.24. The Labute approximate surface area is 152 Å². The molecule has 1 aliphatic heterocycles. The van der Waals surface area contributed by atoms with E-state index >= 15 is 0 Å². The van der Waals surface area contributed by atoms with Gasteiger partial charge in [0, 0.05) is 30.1 Å². The summed E-state index contributed by atoms with van der Waals surface area (Å²) in [4.78, 5) is 11.5. The van der Waals surface area contributed by atoms with E-state index < -0.39 is 0 Å². The zero-order valence-corrected chi connectivity index (χ0v) is 14.5. The summed E-state index contributed by atoms with van der Waals surface area (Å²) in [5.74, 6) is 0.352. The smallest absolute Gasteiger partial charge is 0.226 e. The average Bonchev–Trinajstić information content (AvgIpc) is 2.61. The maximum Gasteiger partial charge on any atom is 0.226 e. The number of piperidine rings is 1. The highest BCUT2D eigenvalue weighted by molar-refractivity contribution is 5.93. The van der Waals surface area contributed by atoms with E-state index in [2.05, 4.69) is 9.88 Å². The highest BCUT2D eigenvalue weighted by Gasteiger charge is 2.21. The Morgan fingerprint density at radius 3 is 2.60 bits per heavy atom. The highest BCUT2D eigenvalue weighted by Crippen LogP contribution is 2.30. The second-order valence-electron chi connectivity index (χ2n) is 6.22. The van der Waals surface area contributed by atoms with E-state index in [-0.39, 0.29) is 24.3 Å². The number of nitrogens with zero attached hydrogens (tertiary/aromatic N) is 3. The molecule has 25 heavy (non-hydrogen) atoms. The van der Waals surface area contributed by atoms with Gasteiger partial charge in [0.1, 0.15) is 5.82 Å². The summed E-state index contributed by atoms with van der Waals surface area (Å²) in [7, 11) is 0. The number of nitrogens with two attached hydrogens (primary N) is 1. The van der Waals surface area contributed by atoms with E-state index in [4.69, 9.17) is 10.7 Å². The number of halogens is 2. The van der Waals surface area contributed by atoms with E-state index in [0.717, 1.165) is 36.8 Å². The molecule has 3 aromatic rings. The summed E-state index contributed by atoms with van der Waals surface area (Å²) in [5, 5.41) is 0.854. The van der Waals surface area contributed by atoms with Gasteiger partial charge in [-0.25, -0.2) is 14.4 Å². The summed E-state index contributed by atoms with van der Waals surface area (Å²) in [5.41, 5.74) is 8.04. The first-order valence-corrected chi connectivity index (χ1v) is 8.24. The lowest BCUT2D eigenvalue weighted by Crippen LogP contribution is -2.43. The number of hydrogen-bond donors (Lipinski definition) is 1. The molecule has 1 atom stereocenters. The molecule has 130 valence electrons. The van der Waals surface area contributed by atoms with Crippen LogP contribution in [0.3, 0.4) is 0 Å². The molecule has 0 spiro atoms. The van der Waals surface area contributed by atoms with E-state index in [1.165, 1.54) is 6.07 Å². The van der Waals surface area contributed by atoms with Crippen molar-refractivity contribution in [3.05, 3.63) is 54.3 Å². The Bertz CT molecular complexity index is 886. The maximum atomic E-state index is 14.3. The minimum absolute atomic E-state index is 0. The van der Waals surface area contributed by atoms with Crippen LogP contribution in [0.1, 0.15) is 12.8 Å². The van der Waals surface area contributed by atoms with Crippen molar-refractivity contribution in [2.75, 3.05) is 18.0 Å². The summed E-state index contributed by atoms with van der Waals surface area (Å²) in [6.45, 7) is 1.61. The van der Waals surface area contributed by atoms with E-state index in [9.17, 15) is 4.39 Å². The van der Waals surface area contributed by atoms with Gasteiger partial charge in [-0.2, -0.15) is 0 Å². The molecule has 6 heteroatoms. The predicted octanol–water partition coefficient (Wildman–Crippen LogP) is 3.79. The van der Waals surface area contributed by atoms with Gasteiger partial charge in [-0.1, -0.05) is 30.3 Å². The standard InChI is InChI=1S/C19H19FN4.ClH/c20-16-9-3-1-7-14(16)18-15-8-2-4-10-17(15)22-19(23-18)24-11-5-6-13(21)12-24;/h1-4,7-10,13H,5-6,11-12,21H2;1H/t13-;/m0./s1. The van der Waals surface area contributed by atoms with Gasteiger partial charge >= 0.3 is 0 Å². The summed E-state index contributed by atoms with van der Waals surface area (Å²) in [6.07, 6.45) is 2.04. The summed E-state index contributed by atoms with van der Waals surface area (Å²) < 4.78 is 14.3. The normalized spacial score (nSPS) is 17.4. The van der Waals surface area contributed by atoms with Gasteiger partial charge in [-0.3, -0.25) is 0 Å². The van der Waals surface area contributed by atoms with Crippen LogP contribution in [0.5, 0.6) is 0 Å². The van der Waals surface area contributed by atoms with Gasteiger partial charge in [0.25, 0.3) is 0 Å². The summed E-state index contributed by atoms with van der Waals surface area (Å²) >= 11 is 0. The Balaban J connectivity index is 0.00000182. The number of para-hydroxylation sites is 1. The molecule has 0 unspecified atom stereocenters. The fraction of sp³-hybridized carbons (Fsp3) is 0.263. The number of hydrogen-bond acceptors (Lipinski definition) is 4. The average molecular weight is 359 g/mol. The monoisotopic (exact) mass is 358 g/mol. The van der Waals surface area contributed by atoms with E-state index in [0.29, 0.717) is 17.2 Å². The molecule has 0 bridgehead atoms. The topological polar surface area (TPSA) is 55.0 Å².